The van der Waals surface area contributed by atoms with Crippen LogP contribution in [0.4, 0.5) is 5.82 Å². The molecule has 10 heteroatoms. The molecule has 0 aliphatic carbocycles. The van der Waals surface area contributed by atoms with Crippen molar-refractivity contribution in [2.24, 2.45) is 16.6 Å². The van der Waals surface area contributed by atoms with Gasteiger partial charge >= 0.3 is 0 Å². The smallest absolute Gasteiger partial charge is 0.220 e. The van der Waals surface area contributed by atoms with E-state index in [9.17, 15) is 4.79 Å². The normalized spacial score (nSPS) is 18.5. The minimum atomic E-state index is -0.197. The Kier molecular flexibility index (Phi) is 11.1. The van der Waals surface area contributed by atoms with Crippen LogP contribution in [0.15, 0.2) is 23.3 Å². The highest BCUT2D eigenvalue weighted by Crippen LogP contribution is 2.25. The quantitative estimate of drug-likeness (QED) is 0.246. The van der Waals surface area contributed by atoms with Gasteiger partial charge in [-0.05, 0) is 39.7 Å². The third-order valence-electron chi connectivity index (χ3n) is 6.37. The van der Waals surface area contributed by atoms with Gasteiger partial charge in [0.1, 0.15) is 5.82 Å². The number of nitrogens with two attached hydrogens (primary N) is 1. The first-order chi connectivity index (χ1) is 15.4. The molecule has 2 fully saturated rings. The van der Waals surface area contributed by atoms with E-state index in [1.807, 2.05) is 12.3 Å². The molecule has 2 aliphatic heterocycles. The van der Waals surface area contributed by atoms with E-state index >= 15 is 0 Å². The van der Waals surface area contributed by atoms with Gasteiger partial charge in [-0.25, -0.2) is 9.98 Å². The van der Waals surface area contributed by atoms with Gasteiger partial charge in [0.25, 0.3) is 0 Å². The number of nitrogens with zero attached hydrogens (tertiary/aromatic N) is 4. The molecule has 0 spiro atoms. The Bertz CT molecular complexity index is 776. The average Bonchev–Trinajstić information content (AvgIpc) is 2.82. The maximum absolute atomic E-state index is 11.5. The van der Waals surface area contributed by atoms with E-state index < -0.39 is 0 Å². The number of carbonyl (C=O) groups is 1. The first-order valence-corrected chi connectivity index (χ1v) is 11.7. The summed E-state index contributed by atoms with van der Waals surface area (Å²) in [6.45, 7) is 13.8. The van der Waals surface area contributed by atoms with Crippen LogP contribution < -0.4 is 21.3 Å². The Morgan fingerprint density at radius 3 is 2.58 bits per heavy atom. The lowest BCUT2D eigenvalue weighted by atomic mass is 9.96. The second kappa shape index (κ2) is 13.3. The van der Waals surface area contributed by atoms with Crippen LogP contribution in [0.5, 0.6) is 0 Å². The number of aliphatic imine (C=N–C) groups is 1. The molecule has 0 atom stereocenters. The number of amides is 1. The highest BCUT2D eigenvalue weighted by atomic mass is 127. The van der Waals surface area contributed by atoms with Crippen molar-refractivity contribution in [3.63, 3.8) is 0 Å². The number of primary amides is 1. The standard InChI is InChI=1S/C23H39N7O2.HI/c1-4-25-22(28-17-23(2,3)30-12-14-32-15-13-30)27-16-19-6-5-9-26-21(19)29-10-7-18(8-11-29)20(24)31;/h5-6,9,18H,4,7-8,10-17H2,1-3H3,(H2,24,31)(H2,25,27,28);1H. The van der Waals surface area contributed by atoms with Crippen molar-refractivity contribution in [1.29, 1.82) is 0 Å². The molecule has 0 saturated carbocycles. The predicted molar refractivity (Wildman–Crippen MR) is 143 cm³/mol. The summed E-state index contributed by atoms with van der Waals surface area (Å²) in [4.78, 5) is 25.7. The number of aromatic nitrogens is 1. The lowest BCUT2D eigenvalue weighted by Gasteiger charge is -2.41. The van der Waals surface area contributed by atoms with E-state index in [-0.39, 0.29) is 41.3 Å². The zero-order valence-corrected chi connectivity index (χ0v) is 22.5. The van der Waals surface area contributed by atoms with Gasteiger partial charge in [-0.1, -0.05) is 6.07 Å². The predicted octanol–water partition coefficient (Wildman–Crippen LogP) is 1.57. The number of rotatable bonds is 8. The molecule has 1 aromatic heterocycles. The first-order valence-electron chi connectivity index (χ1n) is 11.7. The highest BCUT2D eigenvalue weighted by Gasteiger charge is 2.28. The van der Waals surface area contributed by atoms with Crippen LogP contribution in [0.2, 0.25) is 0 Å². The lowest BCUT2D eigenvalue weighted by Crippen LogP contribution is -2.56. The number of nitrogens with one attached hydrogen (secondary N) is 2. The Labute approximate surface area is 214 Å². The van der Waals surface area contributed by atoms with Crippen LogP contribution >= 0.6 is 24.0 Å². The molecule has 3 heterocycles. The molecule has 4 N–H and O–H groups in total. The summed E-state index contributed by atoms with van der Waals surface area (Å²) >= 11 is 0. The maximum Gasteiger partial charge on any atom is 0.220 e. The Morgan fingerprint density at radius 1 is 1.24 bits per heavy atom. The fourth-order valence-electron chi connectivity index (χ4n) is 4.30. The van der Waals surface area contributed by atoms with E-state index in [2.05, 4.69) is 52.3 Å². The Morgan fingerprint density at radius 2 is 1.94 bits per heavy atom. The molecule has 0 radical (unpaired) electrons. The van der Waals surface area contributed by atoms with Crippen LogP contribution in [0.1, 0.15) is 39.2 Å². The van der Waals surface area contributed by atoms with E-state index in [1.165, 1.54) is 0 Å². The van der Waals surface area contributed by atoms with Crippen molar-refractivity contribution in [3.05, 3.63) is 23.9 Å². The van der Waals surface area contributed by atoms with Crippen molar-refractivity contribution in [2.75, 3.05) is 57.4 Å². The zero-order chi connectivity index (χ0) is 23.0. The van der Waals surface area contributed by atoms with Crippen LogP contribution in [0.3, 0.4) is 0 Å². The molecule has 9 nitrogen and oxygen atoms in total. The zero-order valence-electron chi connectivity index (χ0n) is 20.2. The van der Waals surface area contributed by atoms with Crippen LogP contribution in [-0.2, 0) is 16.1 Å². The minimum Gasteiger partial charge on any atom is -0.379 e. The maximum atomic E-state index is 11.5. The molecule has 33 heavy (non-hydrogen) atoms. The van der Waals surface area contributed by atoms with Crippen molar-refractivity contribution < 1.29 is 9.53 Å². The number of anilines is 1. The van der Waals surface area contributed by atoms with Gasteiger partial charge in [-0.15, -0.1) is 24.0 Å². The lowest BCUT2D eigenvalue weighted by molar-refractivity contribution is -0.122. The molecule has 186 valence electrons. The Balaban J connectivity index is 0.00000385. The van der Waals surface area contributed by atoms with Gasteiger partial charge in [-0.3, -0.25) is 9.69 Å². The molecule has 0 unspecified atom stereocenters. The summed E-state index contributed by atoms with van der Waals surface area (Å²) < 4.78 is 5.49. The SMILES string of the molecule is CCNC(=NCc1cccnc1N1CCC(C(N)=O)CC1)NCC(C)(C)N1CCOCC1.I. The van der Waals surface area contributed by atoms with Gasteiger partial charge in [-0.2, -0.15) is 0 Å². The van der Waals surface area contributed by atoms with Gasteiger partial charge in [0.05, 0.1) is 19.8 Å². The number of piperidine rings is 1. The number of morpholine rings is 1. The van der Waals surface area contributed by atoms with Gasteiger partial charge < -0.3 is 26.0 Å². The minimum absolute atomic E-state index is 0. The number of halogens is 1. The molecule has 1 aromatic rings. The molecular formula is C23H40IN7O2. The van der Waals surface area contributed by atoms with Gasteiger partial charge in [0.15, 0.2) is 5.96 Å². The summed E-state index contributed by atoms with van der Waals surface area (Å²) in [6, 6.07) is 4.03. The first kappa shape index (κ1) is 27.6. The van der Waals surface area contributed by atoms with Gasteiger partial charge in [0, 0.05) is 62.5 Å². The molecule has 2 aliphatic rings. The number of ether oxygens (including phenoxy) is 1. The molecule has 0 bridgehead atoms. The second-order valence-electron chi connectivity index (χ2n) is 9.11. The van der Waals surface area contributed by atoms with Crippen molar-refractivity contribution in [3.8, 4) is 0 Å². The average molecular weight is 574 g/mol. The second-order valence-corrected chi connectivity index (χ2v) is 9.11. The summed E-state index contributed by atoms with van der Waals surface area (Å²) in [6.07, 6.45) is 3.36. The molecular weight excluding hydrogens is 533 g/mol. The van der Waals surface area contributed by atoms with E-state index in [1.54, 1.807) is 0 Å². The van der Waals surface area contributed by atoms with Crippen molar-refractivity contribution >= 4 is 41.7 Å². The van der Waals surface area contributed by atoms with E-state index in [4.69, 9.17) is 15.5 Å². The molecule has 2 saturated heterocycles. The van der Waals surface area contributed by atoms with E-state index in [0.29, 0.717) is 6.54 Å². The van der Waals surface area contributed by atoms with Crippen LogP contribution in [0.25, 0.3) is 0 Å². The molecule has 3 rings (SSSR count). The number of pyridine rings is 1. The van der Waals surface area contributed by atoms with Crippen molar-refractivity contribution in [2.45, 2.75) is 45.7 Å². The van der Waals surface area contributed by atoms with Crippen molar-refractivity contribution in [1.82, 2.24) is 20.5 Å². The third kappa shape index (κ3) is 7.96. The summed E-state index contributed by atoms with van der Waals surface area (Å²) in [5.41, 5.74) is 6.57. The van der Waals surface area contributed by atoms with E-state index in [0.717, 1.165) is 82.7 Å². The topological polar surface area (TPSA) is 108 Å². The fraction of sp³-hybridized carbons (Fsp3) is 0.696. The number of guanidine groups is 1. The number of hydrogen-bond donors (Lipinski definition) is 3. The molecule has 1 amide bonds. The monoisotopic (exact) mass is 573 g/mol. The third-order valence-corrected chi connectivity index (χ3v) is 6.37. The number of carbonyl (C=O) groups excluding carboxylic acids is 1. The summed E-state index contributed by atoms with van der Waals surface area (Å²) in [7, 11) is 0. The Hall–Kier alpha value is -1.66. The van der Waals surface area contributed by atoms with Gasteiger partial charge in [0.2, 0.25) is 5.91 Å². The summed E-state index contributed by atoms with van der Waals surface area (Å²) in [5.74, 6) is 1.52. The fourth-order valence-corrected chi connectivity index (χ4v) is 4.30. The number of hydrogen-bond acceptors (Lipinski definition) is 6. The molecule has 0 aromatic carbocycles. The van der Waals surface area contributed by atoms with Crippen LogP contribution in [0, 0.1) is 5.92 Å². The summed E-state index contributed by atoms with van der Waals surface area (Å²) in [5, 5.41) is 6.87. The van der Waals surface area contributed by atoms with Crippen LogP contribution in [-0.4, -0.2) is 79.8 Å². The largest absolute Gasteiger partial charge is 0.379 e. The highest BCUT2D eigenvalue weighted by molar-refractivity contribution is 14.0.